The Hall–Kier alpha value is -2.41. The van der Waals surface area contributed by atoms with Crippen LogP contribution in [0, 0.1) is 17.3 Å². The van der Waals surface area contributed by atoms with E-state index in [1.807, 2.05) is 43.0 Å². The predicted molar refractivity (Wildman–Crippen MR) is 153 cm³/mol. The standard InChI is InChI=1S/C31H41N3O3.ClH/c1-22(2)30(36)29(27-19-32-18-26(27)24-7-5-4-6-8-24)33-15-13-31(14-16-33)17-28(35)34(21-31)20-23-9-11-25(37-3)12-10-23;/h4-12,22,26-27,29,32H,13-21H2,1-3H3;1H/t26-,27-,29?;/m1./s1. The zero-order valence-electron chi connectivity index (χ0n) is 22.9. The van der Waals surface area contributed by atoms with E-state index < -0.39 is 0 Å². The fraction of sp³-hybridized carbons (Fsp3) is 0.548. The van der Waals surface area contributed by atoms with Crippen LogP contribution >= 0.6 is 12.4 Å². The number of rotatable bonds is 8. The molecule has 3 heterocycles. The highest BCUT2D eigenvalue weighted by molar-refractivity contribution is 5.86. The Balaban J connectivity index is 0.00000336. The number of hydrogen-bond acceptors (Lipinski definition) is 5. The van der Waals surface area contributed by atoms with Gasteiger partial charge in [0.25, 0.3) is 0 Å². The Labute approximate surface area is 233 Å². The maximum atomic E-state index is 13.6. The molecule has 6 nitrogen and oxygen atoms in total. The number of amides is 1. The summed E-state index contributed by atoms with van der Waals surface area (Å²) in [6.07, 6.45) is 2.56. The van der Waals surface area contributed by atoms with Crippen LogP contribution in [0.2, 0.25) is 0 Å². The average molecular weight is 540 g/mol. The molecular formula is C31H42ClN3O3. The van der Waals surface area contributed by atoms with E-state index in [1.165, 1.54) is 5.56 Å². The number of Topliss-reactive ketones (excluding diaryl/α,β-unsaturated/α-hetero) is 1. The van der Waals surface area contributed by atoms with Crippen LogP contribution in [-0.2, 0) is 16.1 Å². The molecule has 0 saturated carbocycles. The summed E-state index contributed by atoms with van der Waals surface area (Å²) in [6, 6.07) is 18.6. The summed E-state index contributed by atoms with van der Waals surface area (Å²) in [5.41, 5.74) is 2.48. The molecule has 3 atom stereocenters. The van der Waals surface area contributed by atoms with Crippen molar-refractivity contribution >= 4 is 24.1 Å². The van der Waals surface area contributed by atoms with Crippen LogP contribution in [0.25, 0.3) is 0 Å². The van der Waals surface area contributed by atoms with Gasteiger partial charge in [-0.15, -0.1) is 12.4 Å². The molecule has 1 N–H and O–H groups in total. The first-order chi connectivity index (χ1) is 17.9. The van der Waals surface area contributed by atoms with Gasteiger partial charge in [0.2, 0.25) is 5.91 Å². The highest BCUT2D eigenvalue weighted by atomic mass is 35.5. The number of ether oxygens (including phenoxy) is 1. The van der Waals surface area contributed by atoms with E-state index in [0.717, 1.165) is 56.9 Å². The van der Waals surface area contributed by atoms with Crippen molar-refractivity contribution in [3.63, 3.8) is 0 Å². The summed E-state index contributed by atoms with van der Waals surface area (Å²) in [5, 5.41) is 3.59. The summed E-state index contributed by atoms with van der Waals surface area (Å²) in [5.74, 6) is 2.06. The van der Waals surface area contributed by atoms with Crippen LogP contribution in [0.15, 0.2) is 54.6 Å². The minimum absolute atomic E-state index is 0. The highest BCUT2D eigenvalue weighted by Gasteiger charge is 2.48. The quantitative estimate of drug-likeness (QED) is 0.534. The van der Waals surface area contributed by atoms with E-state index in [4.69, 9.17) is 4.74 Å². The summed E-state index contributed by atoms with van der Waals surface area (Å²) in [7, 11) is 1.67. The first-order valence-corrected chi connectivity index (χ1v) is 13.8. The Kier molecular flexibility index (Phi) is 9.17. The predicted octanol–water partition coefficient (Wildman–Crippen LogP) is 4.53. The van der Waals surface area contributed by atoms with Gasteiger partial charge in [-0.25, -0.2) is 0 Å². The Morgan fingerprint density at radius 3 is 2.37 bits per heavy atom. The van der Waals surface area contributed by atoms with Gasteiger partial charge in [0.1, 0.15) is 5.75 Å². The molecule has 2 aromatic rings. The van der Waals surface area contributed by atoms with Crippen LogP contribution in [-0.4, -0.2) is 67.4 Å². The second-order valence-corrected chi connectivity index (χ2v) is 11.7. The van der Waals surface area contributed by atoms with E-state index >= 15 is 0 Å². The third kappa shape index (κ3) is 5.93. The number of methoxy groups -OCH3 is 1. The molecule has 3 fully saturated rings. The molecule has 5 rings (SSSR count). The van der Waals surface area contributed by atoms with Gasteiger partial charge < -0.3 is 15.0 Å². The van der Waals surface area contributed by atoms with Crippen LogP contribution < -0.4 is 10.1 Å². The van der Waals surface area contributed by atoms with E-state index in [-0.39, 0.29) is 41.6 Å². The van der Waals surface area contributed by atoms with Crippen molar-refractivity contribution in [2.24, 2.45) is 17.3 Å². The summed E-state index contributed by atoms with van der Waals surface area (Å²) in [6.45, 7) is 9.08. The van der Waals surface area contributed by atoms with Crippen molar-refractivity contribution in [2.45, 2.75) is 51.6 Å². The van der Waals surface area contributed by atoms with Gasteiger partial charge in [-0.3, -0.25) is 14.5 Å². The Bertz CT molecular complexity index is 1080. The third-order valence-electron chi connectivity index (χ3n) is 8.94. The van der Waals surface area contributed by atoms with Crippen molar-refractivity contribution < 1.29 is 14.3 Å². The number of hydrogen-bond donors (Lipinski definition) is 1. The largest absolute Gasteiger partial charge is 0.497 e. The molecule has 2 aromatic carbocycles. The van der Waals surface area contributed by atoms with E-state index in [9.17, 15) is 9.59 Å². The zero-order chi connectivity index (χ0) is 26.0. The van der Waals surface area contributed by atoms with Gasteiger partial charge in [0.15, 0.2) is 5.78 Å². The molecule has 206 valence electrons. The third-order valence-corrected chi connectivity index (χ3v) is 8.94. The van der Waals surface area contributed by atoms with Crippen molar-refractivity contribution in [2.75, 3.05) is 39.8 Å². The molecule has 3 aliphatic rings. The minimum atomic E-state index is -0.0786. The second kappa shape index (κ2) is 12.2. The molecule has 38 heavy (non-hydrogen) atoms. The van der Waals surface area contributed by atoms with Crippen LogP contribution in [0.5, 0.6) is 5.75 Å². The number of benzene rings is 2. The molecular weight excluding hydrogens is 498 g/mol. The van der Waals surface area contributed by atoms with E-state index in [0.29, 0.717) is 24.7 Å². The van der Waals surface area contributed by atoms with E-state index in [2.05, 4.69) is 40.5 Å². The van der Waals surface area contributed by atoms with Crippen LogP contribution in [0.3, 0.4) is 0 Å². The summed E-state index contributed by atoms with van der Waals surface area (Å²) >= 11 is 0. The fourth-order valence-corrected chi connectivity index (χ4v) is 6.79. The van der Waals surface area contributed by atoms with Gasteiger partial charge >= 0.3 is 0 Å². The summed E-state index contributed by atoms with van der Waals surface area (Å²) < 4.78 is 5.27. The molecule has 1 unspecified atom stereocenters. The lowest BCUT2D eigenvalue weighted by Gasteiger charge is -2.44. The van der Waals surface area contributed by atoms with Gasteiger partial charge in [-0.05, 0) is 54.6 Å². The Morgan fingerprint density at radius 2 is 1.74 bits per heavy atom. The maximum Gasteiger partial charge on any atom is 0.223 e. The molecule has 3 saturated heterocycles. The Morgan fingerprint density at radius 1 is 1.05 bits per heavy atom. The lowest BCUT2D eigenvalue weighted by Crippen LogP contribution is -2.54. The maximum absolute atomic E-state index is 13.6. The number of nitrogens with one attached hydrogen (secondary N) is 1. The molecule has 1 spiro atoms. The number of nitrogens with zero attached hydrogens (tertiary/aromatic N) is 2. The number of ketones is 1. The van der Waals surface area contributed by atoms with Crippen LogP contribution in [0.4, 0.5) is 0 Å². The number of likely N-dealkylation sites (tertiary alicyclic amines) is 2. The minimum Gasteiger partial charge on any atom is -0.497 e. The van der Waals surface area contributed by atoms with Crippen molar-refractivity contribution in [3.05, 3.63) is 65.7 Å². The van der Waals surface area contributed by atoms with Crippen molar-refractivity contribution in [1.29, 1.82) is 0 Å². The highest BCUT2D eigenvalue weighted by Crippen LogP contribution is 2.43. The fourth-order valence-electron chi connectivity index (χ4n) is 6.79. The topological polar surface area (TPSA) is 61.9 Å². The number of carbonyl (C=O) groups is 2. The molecule has 0 radical (unpaired) electrons. The lowest BCUT2D eigenvalue weighted by molar-refractivity contribution is -0.131. The smallest absolute Gasteiger partial charge is 0.223 e. The SMILES string of the molecule is COc1ccc(CN2CC3(CCN(C(C(=O)C(C)C)[C@@H]4CNC[C@@H]4c4ccccc4)CC3)CC2=O)cc1.Cl. The van der Waals surface area contributed by atoms with Crippen molar-refractivity contribution in [3.8, 4) is 5.75 Å². The first-order valence-electron chi connectivity index (χ1n) is 13.8. The van der Waals surface area contributed by atoms with Gasteiger partial charge in [-0.2, -0.15) is 0 Å². The van der Waals surface area contributed by atoms with Gasteiger partial charge in [-0.1, -0.05) is 56.3 Å². The normalized spacial score (nSPS) is 24.0. The monoisotopic (exact) mass is 539 g/mol. The van der Waals surface area contributed by atoms with Gasteiger partial charge in [0, 0.05) is 50.4 Å². The van der Waals surface area contributed by atoms with Crippen LogP contribution in [0.1, 0.15) is 50.2 Å². The number of piperidine rings is 1. The van der Waals surface area contributed by atoms with Gasteiger partial charge in [0.05, 0.1) is 13.2 Å². The van der Waals surface area contributed by atoms with E-state index in [1.54, 1.807) is 7.11 Å². The van der Waals surface area contributed by atoms with Crippen molar-refractivity contribution in [1.82, 2.24) is 15.1 Å². The first kappa shape index (κ1) is 28.6. The lowest BCUT2D eigenvalue weighted by atomic mass is 9.74. The molecule has 1 amide bonds. The average Bonchev–Trinajstić information content (AvgIpc) is 3.51. The molecule has 7 heteroatoms. The summed E-state index contributed by atoms with van der Waals surface area (Å²) in [4.78, 5) is 31.1. The number of halogens is 1. The second-order valence-electron chi connectivity index (χ2n) is 11.7. The molecule has 0 aliphatic carbocycles. The zero-order valence-corrected chi connectivity index (χ0v) is 23.7. The molecule has 3 aliphatic heterocycles. The molecule has 0 aromatic heterocycles. The number of carbonyl (C=O) groups excluding carboxylic acids is 2. The molecule has 0 bridgehead atoms.